The van der Waals surface area contributed by atoms with Crippen molar-refractivity contribution in [3.8, 4) is 0 Å². The van der Waals surface area contributed by atoms with Gasteiger partial charge in [0.25, 0.3) is 0 Å². The zero-order valence-electron chi connectivity index (χ0n) is 7.62. The first kappa shape index (κ1) is 10.2. The summed E-state index contributed by atoms with van der Waals surface area (Å²) in [4.78, 5) is 21.2. The number of amides is 1. The van der Waals surface area contributed by atoms with Crippen molar-refractivity contribution < 1.29 is 14.3 Å². The van der Waals surface area contributed by atoms with Gasteiger partial charge in [0, 0.05) is 19.3 Å². The maximum atomic E-state index is 10.9. The largest absolute Gasteiger partial charge is 0.378 e. The summed E-state index contributed by atoms with van der Waals surface area (Å²) in [5.41, 5.74) is 4.96. The predicted octanol–water partition coefficient (Wildman–Crippen LogP) is 0.390. The van der Waals surface area contributed by atoms with Gasteiger partial charge < -0.3 is 10.5 Å². The Labute approximate surface area is 77.4 Å². The van der Waals surface area contributed by atoms with Crippen LogP contribution in [-0.2, 0) is 14.3 Å². The molecule has 0 aromatic rings. The van der Waals surface area contributed by atoms with Crippen molar-refractivity contribution in [1.82, 2.24) is 0 Å². The van der Waals surface area contributed by atoms with Crippen LogP contribution in [0, 0.1) is 0 Å². The van der Waals surface area contributed by atoms with Gasteiger partial charge in [0.2, 0.25) is 5.91 Å². The summed E-state index contributed by atoms with van der Waals surface area (Å²) in [7, 11) is 0. The number of nitrogens with two attached hydrogens (primary N) is 1. The fourth-order valence-electron chi connectivity index (χ4n) is 1.41. The van der Waals surface area contributed by atoms with Gasteiger partial charge in [-0.15, -0.1) is 0 Å². The lowest BCUT2D eigenvalue weighted by Crippen LogP contribution is -2.23. The third-order valence-electron chi connectivity index (χ3n) is 2.19. The average molecular weight is 185 g/mol. The lowest BCUT2D eigenvalue weighted by Gasteiger charge is -2.20. The number of rotatable bonds is 4. The highest BCUT2D eigenvalue weighted by atomic mass is 16.5. The van der Waals surface area contributed by atoms with Crippen molar-refractivity contribution in [2.24, 2.45) is 5.73 Å². The van der Waals surface area contributed by atoms with Crippen LogP contribution in [0.5, 0.6) is 0 Å². The Bertz CT molecular complexity index is 193. The van der Waals surface area contributed by atoms with E-state index >= 15 is 0 Å². The number of primary amides is 1. The highest BCUT2D eigenvalue weighted by molar-refractivity contribution is 5.79. The summed E-state index contributed by atoms with van der Waals surface area (Å²) in [6, 6.07) is 0. The van der Waals surface area contributed by atoms with Gasteiger partial charge in [0.05, 0.1) is 12.7 Å². The molecule has 1 aliphatic carbocycles. The van der Waals surface area contributed by atoms with Crippen molar-refractivity contribution >= 4 is 11.7 Å². The molecule has 0 aromatic heterocycles. The SMILES string of the molecule is NC(=O)CCOC1CCC(=O)CC1. The van der Waals surface area contributed by atoms with E-state index in [2.05, 4.69) is 0 Å². The van der Waals surface area contributed by atoms with Crippen molar-refractivity contribution in [3.63, 3.8) is 0 Å². The number of hydrogen-bond donors (Lipinski definition) is 1. The van der Waals surface area contributed by atoms with Crippen LogP contribution in [0.25, 0.3) is 0 Å². The molecule has 1 fully saturated rings. The fraction of sp³-hybridized carbons (Fsp3) is 0.778. The Morgan fingerprint density at radius 3 is 2.62 bits per heavy atom. The fourth-order valence-corrected chi connectivity index (χ4v) is 1.41. The highest BCUT2D eigenvalue weighted by Crippen LogP contribution is 2.17. The smallest absolute Gasteiger partial charge is 0.219 e. The molecule has 1 aliphatic rings. The van der Waals surface area contributed by atoms with Crippen molar-refractivity contribution in [1.29, 1.82) is 0 Å². The summed E-state index contributed by atoms with van der Waals surface area (Å²) >= 11 is 0. The van der Waals surface area contributed by atoms with Gasteiger partial charge in [0.1, 0.15) is 5.78 Å². The monoisotopic (exact) mass is 185 g/mol. The van der Waals surface area contributed by atoms with Gasteiger partial charge in [-0.05, 0) is 12.8 Å². The van der Waals surface area contributed by atoms with Crippen molar-refractivity contribution in [2.45, 2.75) is 38.2 Å². The molecule has 1 saturated carbocycles. The summed E-state index contributed by atoms with van der Waals surface area (Å²) in [5.74, 6) is -0.0263. The minimum absolute atomic E-state index is 0.150. The second-order valence-corrected chi connectivity index (χ2v) is 3.33. The average Bonchev–Trinajstić information content (AvgIpc) is 2.08. The third kappa shape index (κ3) is 4.03. The van der Waals surface area contributed by atoms with E-state index in [1.807, 2.05) is 0 Å². The van der Waals surface area contributed by atoms with Crippen molar-refractivity contribution in [2.75, 3.05) is 6.61 Å². The van der Waals surface area contributed by atoms with E-state index in [0.29, 0.717) is 25.2 Å². The first-order valence-corrected chi connectivity index (χ1v) is 4.60. The number of hydrogen-bond acceptors (Lipinski definition) is 3. The number of Topliss-reactive ketones (excluding diaryl/α,β-unsaturated/α-hetero) is 1. The zero-order valence-corrected chi connectivity index (χ0v) is 7.62. The molecule has 2 N–H and O–H groups in total. The summed E-state index contributed by atoms with van der Waals surface area (Å²) in [6.45, 7) is 0.383. The van der Waals surface area contributed by atoms with Crippen LogP contribution in [0.15, 0.2) is 0 Å². The normalized spacial score (nSPS) is 18.9. The van der Waals surface area contributed by atoms with E-state index in [1.165, 1.54) is 0 Å². The molecule has 0 bridgehead atoms. The van der Waals surface area contributed by atoms with Gasteiger partial charge in [-0.25, -0.2) is 0 Å². The number of ketones is 1. The molecule has 0 heterocycles. The second-order valence-electron chi connectivity index (χ2n) is 3.33. The maximum Gasteiger partial charge on any atom is 0.219 e. The highest BCUT2D eigenvalue weighted by Gasteiger charge is 2.18. The van der Waals surface area contributed by atoms with Gasteiger partial charge >= 0.3 is 0 Å². The molecule has 13 heavy (non-hydrogen) atoms. The molecule has 1 rings (SSSR count). The van der Waals surface area contributed by atoms with E-state index in [-0.39, 0.29) is 18.4 Å². The third-order valence-corrected chi connectivity index (χ3v) is 2.19. The minimum atomic E-state index is -0.341. The summed E-state index contributed by atoms with van der Waals surface area (Å²) in [5, 5.41) is 0. The molecule has 4 heteroatoms. The molecule has 0 spiro atoms. The predicted molar refractivity (Wildman–Crippen MR) is 47.0 cm³/mol. The molecule has 0 aliphatic heterocycles. The summed E-state index contributed by atoms with van der Waals surface area (Å²) in [6.07, 6.45) is 3.22. The quantitative estimate of drug-likeness (QED) is 0.688. The van der Waals surface area contributed by atoms with Crippen LogP contribution in [-0.4, -0.2) is 24.4 Å². The number of carbonyl (C=O) groups excluding carboxylic acids is 2. The minimum Gasteiger partial charge on any atom is -0.378 e. The molecular weight excluding hydrogens is 170 g/mol. The molecule has 0 unspecified atom stereocenters. The Hall–Kier alpha value is -0.900. The first-order chi connectivity index (χ1) is 6.18. The first-order valence-electron chi connectivity index (χ1n) is 4.60. The lowest BCUT2D eigenvalue weighted by molar-refractivity contribution is -0.124. The van der Waals surface area contributed by atoms with Crippen molar-refractivity contribution in [3.05, 3.63) is 0 Å². The van der Waals surface area contributed by atoms with Gasteiger partial charge in [0.15, 0.2) is 0 Å². The molecule has 1 amide bonds. The standard InChI is InChI=1S/C9H15NO3/c10-9(12)5-6-13-8-3-1-7(11)2-4-8/h8H,1-6H2,(H2,10,12). The lowest BCUT2D eigenvalue weighted by atomic mass is 9.96. The molecule has 4 nitrogen and oxygen atoms in total. The van der Waals surface area contributed by atoms with Crippen LogP contribution in [0.1, 0.15) is 32.1 Å². The Morgan fingerprint density at radius 2 is 2.08 bits per heavy atom. The van der Waals surface area contributed by atoms with Crippen LogP contribution in [0.2, 0.25) is 0 Å². The van der Waals surface area contributed by atoms with E-state index < -0.39 is 0 Å². The van der Waals surface area contributed by atoms with Gasteiger partial charge in [-0.1, -0.05) is 0 Å². The molecular formula is C9H15NO3. The van der Waals surface area contributed by atoms with Crippen LogP contribution in [0.3, 0.4) is 0 Å². The van der Waals surface area contributed by atoms with Gasteiger partial charge in [-0.2, -0.15) is 0 Å². The maximum absolute atomic E-state index is 10.9. The molecule has 0 aromatic carbocycles. The Kier molecular flexibility index (Phi) is 3.89. The topological polar surface area (TPSA) is 69.4 Å². The van der Waals surface area contributed by atoms with E-state index in [1.54, 1.807) is 0 Å². The van der Waals surface area contributed by atoms with Crippen LogP contribution < -0.4 is 5.73 Å². The second kappa shape index (κ2) is 4.97. The van der Waals surface area contributed by atoms with E-state index in [9.17, 15) is 9.59 Å². The molecule has 74 valence electrons. The molecule has 0 radical (unpaired) electrons. The Balaban J connectivity index is 2.09. The zero-order chi connectivity index (χ0) is 9.68. The molecule has 0 saturated heterocycles. The number of carbonyl (C=O) groups is 2. The van der Waals surface area contributed by atoms with Crippen LogP contribution >= 0.6 is 0 Å². The summed E-state index contributed by atoms with van der Waals surface area (Å²) < 4.78 is 5.39. The Morgan fingerprint density at radius 1 is 1.46 bits per heavy atom. The van der Waals surface area contributed by atoms with E-state index in [4.69, 9.17) is 10.5 Å². The number of ether oxygens (including phenoxy) is 1. The molecule has 0 atom stereocenters. The van der Waals surface area contributed by atoms with Crippen LogP contribution in [0.4, 0.5) is 0 Å². The van der Waals surface area contributed by atoms with E-state index in [0.717, 1.165) is 12.8 Å². The van der Waals surface area contributed by atoms with Gasteiger partial charge in [-0.3, -0.25) is 9.59 Å².